The van der Waals surface area contributed by atoms with Gasteiger partial charge in [-0.05, 0) is 43.0 Å². The number of hydrogen-bond acceptors (Lipinski definition) is 4. The molecule has 1 aromatic heterocycles. The lowest BCUT2D eigenvalue weighted by Crippen LogP contribution is -1.98. The Morgan fingerprint density at radius 1 is 1.24 bits per heavy atom. The Hall–Kier alpha value is -2.04. The van der Waals surface area contributed by atoms with E-state index in [4.69, 9.17) is 9.47 Å². The van der Waals surface area contributed by atoms with E-state index in [1.165, 1.54) is 19.3 Å². The minimum absolute atomic E-state index is 0.407. The first kappa shape index (κ1) is 13.9. The molecule has 21 heavy (non-hydrogen) atoms. The summed E-state index contributed by atoms with van der Waals surface area (Å²) in [7, 11) is 1.65. The number of nitrogens with one attached hydrogen (secondary N) is 1. The van der Waals surface area contributed by atoms with E-state index in [1.54, 1.807) is 7.11 Å². The first-order chi connectivity index (χ1) is 10.3. The van der Waals surface area contributed by atoms with Crippen LogP contribution in [0.25, 0.3) is 0 Å². The summed E-state index contributed by atoms with van der Waals surface area (Å²) in [6, 6.07) is 7.52. The van der Waals surface area contributed by atoms with Gasteiger partial charge < -0.3 is 9.47 Å². The van der Waals surface area contributed by atoms with Gasteiger partial charge in [-0.3, -0.25) is 5.10 Å². The molecule has 112 valence electrons. The van der Waals surface area contributed by atoms with Crippen molar-refractivity contribution in [1.29, 1.82) is 0 Å². The van der Waals surface area contributed by atoms with Crippen molar-refractivity contribution in [2.24, 2.45) is 5.92 Å². The molecule has 5 heteroatoms. The van der Waals surface area contributed by atoms with E-state index in [2.05, 4.69) is 22.1 Å². The van der Waals surface area contributed by atoms with Crippen LogP contribution in [-0.2, 0) is 6.61 Å². The van der Waals surface area contributed by atoms with Gasteiger partial charge in [-0.1, -0.05) is 13.3 Å². The molecule has 0 amide bonds. The van der Waals surface area contributed by atoms with Crippen molar-refractivity contribution in [3.05, 3.63) is 35.9 Å². The third-order valence-corrected chi connectivity index (χ3v) is 3.90. The largest absolute Gasteiger partial charge is 0.497 e. The highest BCUT2D eigenvalue weighted by molar-refractivity contribution is 5.31. The molecule has 5 nitrogen and oxygen atoms in total. The average molecular weight is 287 g/mol. The van der Waals surface area contributed by atoms with Crippen LogP contribution < -0.4 is 9.47 Å². The summed E-state index contributed by atoms with van der Waals surface area (Å²) < 4.78 is 10.8. The molecule has 1 heterocycles. The summed E-state index contributed by atoms with van der Waals surface area (Å²) >= 11 is 0. The minimum Gasteiger partial charge on any atom is -0.497 e. The number of hydrogen-bond donors (Lipinski definition) is 1. The van der Waals surface area contributed by atoms with Crippen molar-refractivity contribution < 1.29 is 9.47 Å². The first-order valence-corrected chi connectivity index (χ1v) is 7.48. The number of nitrogens with zero attached hydrogens (tertiary/aromatic N) is 2. The second-order valence-electron chi connectivity index (χ2n) is 5.50. The van der Waals surface area contributed by atoms with Crippen molar-refractivity contribution in [3.63, 3.8) is 0 Å². The van der Waals surface area contributed by atoms with E-state index in [-0.39, 0.29) is 0 Å². The Morgan fingerprint density at radius 2 is 2.00 bits per heavy atom. The number of aromatic nitrogens is 3. The van der Waals surface area contributed by atoms with Gasteiger partial charge in [0.05, 0.1) is 7.11 Å². The van der Waals surface area contributed by atoms with Crippen LogP contribution in [-0.4, -0.2) is 22.3 Å². The maximum Gasteiger partial charge on any atom is 0.162 e. The lowest BCUT2D eigenvalue weighted by molar-refractivity contribution is 0.295. The molecular weight excluding hydrogens is 266 g/mol. The van der Waals surface area contributed by atoms with Crippen LogP contribution in [0.15, 0.2) is 24.3 Å². The van der Waals surface area contributed by atoms with Crippen LogP contribution in [0.5, 0.6) is 11.5 Å². The molecule has 0 bridgehead atoms. The summed E-state index contributed by atoms with van der Waals surface area (Å²) in [5, 5.41) is 7.29. The van der Waals surface area contributed by atoms with Gasteiger partial charge in [-0.2, -0.15) is 5.10 Å². The number of methoxy groups -OCH3 is 1. The molecule has 0 spiro atoms. The summed E-state index contributed by atoms with van der Waals surface area (Å²) in [6.45, 7) is 2.63. The molecule has 3 rings (SSSR count). The molecule has 0 aliphatic heterocycles. The second kappa shape index (κ2) is 6.16. The fourth-order valence-electron chi connectivity index (χ4n) is 2.62. The van der Waals surface area contributed by atoms with E-state index in [1.807, 2.05) is 24.3 Å². The van der Waals surface area contributed by atoms with Crippen LogP contribution in [0, 0.1) is 5.92 Å². The van der Waals surface area contributed by atoms with E-state index in [9.17, 15) is 0 Å². The molecule has 0 radical (unpaired) electrons. The van der Waals surface area contributed by atoms with Crippen molar-refractivity contribution in [3.8, 4) is 11.5 Å². The molecule has 1 aromatic carbocycles. The fraction of sp³-hybridized carbons (Fsp3) is 0.500. The zero-order chi connectivity index (χ0) is 14.7. The molecule has 0 unspecified atom stereocenters. The summed E-state index contributed by atoms with van der Waals surface area (Å²) in [6.07, 6.45) is 3.74. The quantitative estimate of drug-likeness (QED) is 0.849. The molecule has 1 aliphatic rings. The first-order valence-electron chi connectivity index (χ1n) is 7.48. The van der Waals surface area contributed by atoms with Crippen molar-refractivity contribution in [2.75, 3.05) is 7.11 Å². The van der Waals surface area contributed by atoms with E-state index >= 15 is 0 Å². The van der Waals surface area contributed by atoms with Crippen LogP contribution in [0.4, 0.5) is 0 Å². The third-order valence-electron chi connectivity index (χ3n) is 3.90. The molecule has 1 fully saturated rings. The molecule has 2 atom stereocenters. The molecular formula is C16H21N3O2. The Labute approximate surface area is 124 Å². The van der Waals surface area contributed by atoms with Gasteiger partial charge in [-0.25, -0.2) is 4.98 Å². The highest BCUT2D eigenvalue weighted by Crippen LogP contribution is 2.48. The monoisotopic (exact) mass is 287 g/mol. The zero-order valence-corrected chi connectivity index (χ0v) is 12.5. The van der Waals surface area contributed by atoms with Crippen LogP contribution in [0.2, 0.25) is 0 Å². The van der Waals surface area contributed by atoms with Crippen LogP contribution >= 0.6 is 0 Å². The maximum atomic E-state index is 5.69. The molecule has 1 aliphatic carbocycles. The van der Waals surface area contributed by atoms with E-state index < -0.39 is 0 Å². The predicted octanol–water partition coefficient (Wildman–Crippen LogP) is 3.30. The molecule has 2 aromatic rings. The highest BCUT2D eigenvalue weighted by atomic mass is 16.5. The van der Waals surface area contributed by atoms with Gasteiger partial charge in [0.2, 0.25) is 0 Å². The Morgan fingerprint density at radius 3 is 2.71 bits per heavy atom. The number of H-pyrrole nitrogens is 1. The van der Waals surface area contributed by atoms with E-state index in [0.29, 0.717) is 12.5 Å². The smallest absolute Gasteiger partial charge is 0.162 e. The molecule has 0 saturated heterocycles. The number of rotatable bonds is 7. The highest BCUT2D eigenvalue weighted by Gasteiger charge is 2.40. The van der Waals surface area contributed by atoms with Gasteiger partial charge in [-0.15, -0.1) is 0 Å². The standard InChI is InChI=1S/C16H21N3O2/c1-3-4-11-9-14(11)16-17-15(18-19-16)10-21-13-7-5-12(20-2)6-8-13/h5-8,11,14H,3-4,9-10H2,1-2H3,(H,17,18,19)/t11-,14+/m0/s1. The number of ether oxygens (including phenoxy) is 2. The van der Waals surface area contributed by atoms with Gasteiger partial charge in [0.25, 0.3) is 0 Å². The summed E-state index contributed by atoms with van der Waals surface area (Å²) in [4.78, 5) is 4.54. The van der Waals surface area contributed by atoms with Gasteiger partial charge in [0.15, 0.2) is 11.6 Å². The summed E-state index contributed by atoms with van der Waals surface area (Å²) in [5.74, 6) is 4.67. The van der Waals surface area contributed by atoms with Crippen molar-refractivity contribution in [1.82, 2.24) is 15.2 Å². The molecule has 1 N–H and O–H groups in total. The Kier molecular flexibility index (Phi) is 4.08. The van der Waals surface area contributed by atoms with Crippen molar-refractivity contribution in [2.45, 2.75) is 38.7 Å². The van der Waals surface area contributed by atoms with Gasteiger partial charge in [0, 0.05) is 5.92 Å². The predicted molar refractivity (Wildman–Crippen MR) is 79.5 cm³/mol. The van der Waals surface area contributed by atoms with Gasteiger partial charge >= 0.3 is 0 Å². The van der Waals surface area contributed by atoms with Gasteiger partial charge in [0.1, 0.15) is 18.1 Å². The number of benzene rings is 1. The van der Waals surface area contributed by atoms with Crippen molar-refractivity contribution >= 4 is 0 Å². The SMILES string of the molecule is CCC[C@H]1C[C@H]1c1n[nH]c(COc2ccc(OC)cc2)n1. The Bertz CT molecular complexity index is 579. The van der Waals surface area contributed by atoms with Crippen LogP contribution in [0.3, 0.4) is 0 Å². The maximum absolute atomic E-state index is 5.69. The average Bonchev–Trinajstić information content (AvgIpc) is 3.12. The Balaban J connectivity index is 1.53. The third kappa shape index (κ3) is 3.35. The normalized spacial score (nSPS) is 20.3. The second-order valence-corrected chi connectivity index (χ2v) is 5.50. The lowest BCUT2D eigenvalue weighted by atomic mass is 10.2. The molecule has 1 saturated carbocycles. The zero-order valence-electron chi connectivity index (χ0n) is 12.5. The lowest BCUT2D eigenvalue weighted by Gasteiger charge is -2.04. The topological polar surface area (TPSA) is 60.0 Å². The van der Waals surface area contributed by atoms with Crippen LogP contribution in [0.1, 0.15) is 43.8 Å². The minimum atomic E-state index is 0.407. The van der Waals surface area contributed by atoms with E-state index in [0.717, 1.165) is 29.1 Å². The summed E-state index contributed by atoms with van der Waals surface area (Å²) in [5.41, 5.74) is 0. The fourth-order valence-corrected chi connectivity index (χ4v) is 2.62. The number of aromatic amines is 1.